The first-order valence-corrected chi connectivity index (χ1v) is 7.79. The zero-order chi connectivity index (χ0) is 15.9. The maximum atomic E-state index is 12.5. The molecule has 2 N–H and O–H groups in total. The minimum Gasteiger partial charge on any atom is -0.369 e. The van der Waals surface area contributed by atoms with Crippen LogP contribution in [0.1, 0.15) is 19.3 Å². The van der Waals surface area contributed by atoms with Crippen molar-refractivity contribution in [2.24, 2.45) is 11.7 Å². The molecular weight excluding hydrogens is 282 g/mol. The van der Waals surface area contributed by atoms with Crippen molar-refractivity contribution in [2.75, 3.05) is 33.2 Å². The molecule has 1 saturated heterocycles. The SMILES string of the molecule is CN(CCCn1cccn1)C(=O)C1CCCN(CC(N)=O)C1. The molecule has 0 saturated carbocycles. The Hall–Kier alpha value is -1.89. The smallest absolute Gasteiger partial charge is 0.231 e. The summed E-state index contributed by atoms with van der Waals surface area (Å²) in [5.74, 6) is -0.196. The van der Waals surface area contributed by atoms with Gasteiger partial charge in [0, 0.05) is 39.1 Å². The van der Waals surface area contributed by atoms with Crippen molar-refractivity contribution in [3.63, 3.8) is 0 Å². The quantitative estimate of drug-likeness (QED) is 0.764. The topological polar surface area (TPSA) is 84.5 Å². The number of nitrogens with zero attached hydrogens (tertiary/aromatic N) is 4. The van der Waals surface area contributed by atoms with E-state index in [0.717, 1.165) is 32.4 Å². The molecule has 1 aliphatic rings. The fourth-order valence-electron chi connectivity index (χ4n) is 2.95. The Morgan fingerprint density at radius 3 is 2.95 bits per heavy atom. The van der Waals surface area contributed by atoms with Crippen LogP contribution >= 0.6 is 0 Å². The summed E-state index contributed by atoms with van der Waals surface area (Å²) in [4.78, 5) is 27.3. The highest BCUT2D eigenvalue weighted by molar-refractivity contribution is 5.79. The molecule has 122 valence electrons. The number of carbonyl (C=O) groups is 2. The zero-order valence-corrected chi connectivity index (χ0v) is 13.1. The van der Waals surface area contributed by atoms with E-state index in [1.165, 1.54) is 0 Å². The summed E-state index contributed by atoms with van der Waals surface area (Å²) in [5.41, 5.74) is 5.23. The van der Waals surface area contributed by atoms with E-state index in [1.54, 1.807) is 11.1 Å². The predicted octanol–water partition coefficient (Wildman–Crippen LogP) is -0.0711. The lowest BCUT2D eigenvalue weighted by Crippen LogP contribution is -2.46. The summed E-state index contributed by atoms with van der Waals surface area (Å²) in [6, 6.07) is 1.89. The third-order valence-electron chi connectivity index (χ3n) is 4.05. The van der Waals surface area contributed by atoms with E-state index in [-0.39, 0.29) is 24.3 Å². The Kier molecular flexibility index (Phi) is 5.94. The lowest BCUT2D eigenvalue weighted by molar-refractivity contribution is -0.136. The molecule has 0 aromatic carbocycles. The van der Waals surface area contributed by atoms with Crippen molar-refractivity contribution in [1.82, 2.24) is 19.6 Å². The van der Waals surface area contributed by atoms with Gasteiger partial charge in [-0.2, -0.15) is 5.10 Å². The first-order chi connectivity index (χ1) is 10.6. The molecule has 1 unspecified atom stereocenters. The number of aryl methyl sites for hydroxylation is 1. The molecule has 1 aromatic rings. The van der Waals surface area contributed by atoms with Gasteiger partial charge >= 0.3 is 0 Å². The molecule has 0 aliphatic carbocycles. The molecule has 0 radical (unpaired) electrons. The molecule has 0 spiro atoms. The second-order valence-electron chi connectivity index (χ2n) is 5.92. The van der Waals surface area contributed by atoms with Crippen LogP contribution in [0.25, 0.3) is 0 Å². The van der Waals surface area contributed by atoms with Crippen LogP contribution in [0, 0.1) is 5.92 Å². The average Bonchev–Trinajstić information content (AvgIpc) is 2.99. The zero-order valence-electron chi connectivity index (χ0n) is 13.1. The number of nitrogens with two attached hydrogens (primary N) is 1. The first-order valence-electron chi connectivity index (χ1n) is 7.79. The van der Waals surface area contributed by atoms with E-state index in [2.05, 4.69) is 5.10 Å². The number of hydrogen-bond donors (Lipinski definition) is 1. The number of rotatable bonds is 7. The number of aromatic nitrogens is 2. The fraction of sp³-hybridized carbons (Fsp3) is 0.667. The van der Waals surface area contributed by atoms with Crippen molar-refractivity contribution >= 4 is 11.8 Å². The Balaban J connectivity index is 1.75. The van der Waals surface area contributed by atoms with Gasteiger partial charge in [0.2, 0.25) is 11.8 Å². The molecule has 1 fully saturated rings. The second kappa shape index (κ2) is 7.93. The van der Waals surface area contributed by atoms with E-state index in [0.29, 0.717) is 13.1 Å². The standard InChI is InChI=1S/C15H25N5O2/c1-18(7-4-10-20-9-3-6-17-20)15(22)13-5-2-8-19(11-13)12-14(16)21/h3,6,9,13H,2,4-5,7-8,10-12H2,1H3,(H2,16,21). The Labute approximate surface area is 131 Å². The maximum Gasteiger partial charge on any atom is 0.231 e. The van der Waals surface area contributed by atoms with Gasteiger partial charge in [0.1, 0.15) is 0 Å². The highest BCUT2D eigenvalue weighted by atomic mass is 16.2. The number of primary amides is 1. The summed E-state index contributed by atoms with van der Waals surface area (Å²) < 4.78 is 1.87. The molecule has 2 rings (SSSR count). The van der Waals surface area contributed by atoms with E-state index in [4.69, 9.17) is 5.73 Å². The summed E-state index contributed by atoms with van der Waals surface area (Å²) in [7, 11) is 1.85. The summed E-state index contributed by atoms with van der Waals surface area (Å²) >= 11 is 0. The molecule has 7 nitrogen and oxygen atoms in total. The number of hydrogen-bond acceptors (Lipinski definition) is 4. The minimum absolute atomic E-state index is 0.0252. The van der Waals surface area contributed by atoms with Crippen LogP contribution in [0.2, 0.25) is 0 Å². The lowest BCUT2D eigenvalue weighted by Gasteiger charge is -2.33. The van der Waals surface area contributed by atoms with Crippen molar-refractivity contribution in [3.8, 4) is 0 Å². The van der Waals surface area contributed by atoms with Gasteiger partial charge in [-0.05, 0) is 31.9 Å². The number of carbonyl (C=O) groups excluding carboxylic acids is 2. The van der Waals surface area contributed by atoms with Crippen LogP contribution < -0.4 is 5.73 Å². The van der Waals surface area contributed by atoms with Crippen LogP contribution in [0.5, 0.6) is 0 Å². The number of amides is 2. The molecule has 2 amide bonds. The summed E-state index contributed by atoms with van der Waals surface area (Å²) in [6.45, 7) is 3.24. The molecule has 22 heavy (non-hydrogen) atoms. The molecule has 2 heterocycles. The number of likely N-dealkylation sites (tertiary alicyclic amines) is 1. The van der Waals surface area contributed by atoms with Crippen LogP contribution in [-0.2, 0) is 16.1 Å². The van der Waals surface area contributed by atoms with Gasteiger partial charge in [0.15, 0.2) is 0 Å². The lowest BCUT2D eigenvalue weighted by atomic mass is 9.96. The van der Waals surface area contributed by atoms with Crippen molar-refractivity contribution in [3.05, 3.63) is 18.5 Å². The Morgan fingerprint density at radius 2 is 2.27 bits per heavy atom. The fourth-order valence-corrected chi connectivity index (χ4v) is 2.95. The monoisotopic (exact) mass is 307 g/mol. The minimum atomic E-state index is -0.333. The summed E-state index contributed by atoms with van der Waals surface area (Å²) in [5, 5.41) is 4.15. The predicted molar refractivity (Wildman–Crippen MR) is 82.8 cm³/mol. The Morgan fingerprint density at radius 1 is 1.45 bits per heavy atom. The molecule has 1 aromatic heterocycles. The van der Waals surface area contributed by atoms with E-state index >= 15 is 0 Å². The molecule has 1 aliphatic heterocycles. The van der Waals surface area contributed by atoms with E-state index < -0.39 is 0 Å². The normalized spacial score (nSPS) is 19.0. The molecule has 0 bridgehead atoms. The molecule has 7 heteroatoms. The largest absolute Gasteiger partial charge is 0.369 e. The van der Waals surface area contributed by atoms with Gasteiger partial charge in [-0.25, -0.2) is 0 Å². The van der Waals surface area contributed by atoms with Gasteiger partial charge < -0.3 is 10.6 Å². The highest BCUT2D eigenvalue weighted by Gasteiger charge is 2.28. The van der Waals surface area contributed by atoms with Gasteiger partial charge in [0.25, 0.3) is 0 Å². The molecule has 1 atom stereocenters. The van der Waals surface area contributed by atoms with Crippen LogP contribution in [0.4, 0.5) is 0 Å². The van der Waals surface area contributed by atoms with Gasteiger partial charge in [-0.1, -0.05) is 0 Å². The average molecular weight is 307 g/mol. The summed E-state index contributed by atoms with van der Waals surface area (Å²) in [6.07, 6.45) is 6.37. The van der Waals surface area contributed by atoms with Crippen LogP contribution in [-0.4, -0.2) is 64.6 Å². The van der Waals surface area contributed by atoms with Gasteiger partial charge in [-0.3, -0.25) is 19.2 Å². The van der Waals surface area contributed by atoms with E-state index in [9.17, 15) is 9.59 Å². The Bertz CT molecular complexity index is 488. The molecular formula is C15H25N5O2. The number of piperidine rings is 1. The first kappa shape index (κ1) is 16.5. The third-order valence-corrected chi connectivity index (χ3v) is 4.05. The van der Waals surface area contributed by atoms with E-state index in [1.807, 2.05) is 28.9 Å². The van der Waals surface area contributed by atoms with Crippen molar-refractivity contribution in [1.29, 1.82) is 0 Å². The van der Waals surface area contributed by atoms with Crippen molar-refractivity contribution < 1.29 is 9.59 Å². The van der Waals surface area contributed by atoms with Crippen molar-refractivity contribution in [2.45, 2.75) is 25.8 Å². The van der Waals surface area contributed by atoms with Crippen LogP contribution in [0.3, 0.4) is 0 Å². The highest BCUT2D eigenvalue weighted by Crippen LogP contribution is 2.18. The maximum absolute atomic E-state index is 12.5. The second-order valence-corrected chi connectivity index (χ2v) is 5.92. The van der Waals surface area contributed by atoms with Gasteiger partial charge in [0.05, 0.1) is 12.5 Å². The third kappa shape index (κ3) is 4.84. The van der Waals surface area contributed by atoms with Crippen LogP contribution in [0.15, 0.2) is 18.5 Å². The van der Waals surface area contributed by atoms with Gasteiger partial charge in [-0.15, -0.1) is 0 Å².